The van der Waals surface area contributed by atoms with Gasteiger partial charge in [0.05, 0.1) is 17.3 Å². The molecule has 1 aliphatic heterocycles. The molecular formula is C28H23N3O3. The Hall–Kier alpha value is -4.58. The second-order valence-electron chi connectivity index (χ2n) is 8.00. The van der Waals surface area contributed by atoms with Gasteiger partial charge in [0.25, 0.3) is 5.91 Å². The molecule has 6 heteroatoms. The normalized spacial score (nSPS) is 12.3. The SMILES string of the molecule is CN1C(=O)c2cc(NC(=O)NC(c3ccccc3)c3ccccc3)ccc2Oc2ccccc21. The fourth-order valence-electron chi connectivity index (χ4n) is 4.04. The average molecular weight is 450 g/mol. The van der Waals surface area contributed by atoms with E-state index in [1.54, 1.807) is 30.1 Å². The summed E-state index contributed by atoms with van der Waals surface area (Å²) in [7, 11) is 1.71. The number of amides is 3. The summed E-state index contributed by atoms with van der Waals surface area (Å²) in [5.74, 6) is 0.832. The third-order valence-corrected chi connectivity index (χ3v) is 5.76. The van der Waals surface area contributed by atoms with Gasteiger partial charge in [-0.25, -0.2) is 4.79 Å². The standard InChI is InChI=1S/C28H23N3O3/c1-31-23-14-8-9-15-25(23)34-24-17-16-21(18-22(24)27(31)32)29-28(33)30-26(19-10-4-2-5-11-19)20-12-6-3-7-13-20/h2-18,26H,1H3,(H2,29,30,33). The highest BCUT2D eigenvalue weighted by molar-refractivity contribution is 6.10. The number of carbonyl (C=O) groups is 2. The summed E-state index contributed by atoms with van der Waals surface area (Å²) in [5.41, 5.74) is 3.48. The fourth-order valence-corrected chi connectivity index (χ4v) is 4.04. The Bertz CT molecular complexity index is 1300. The number of anilines is 2. The van der Waals surface area contributed by atoms with Crippen molar-refractivity contribution in [3.05, 3.63) is 120 Å². The molecule has 0 aromatic heterocycles. The van der Waals surface area contributed by atoms with E-state index in [1.807, 2.05) is 84.9 Å². The first kappa shape index (κ1) is 21.3. The fraction of sp³-hybridized carbons (Fsp3) is 0.0714. The predicted octanol–water partition coefficient (Wildman–Crippen LogP) is 5.98. The Labute approximate surface area is 197 Å². The minimum Gasteiger partial charge on any atom is -0.454 e. The van der Waals surface area contributed by atoms with Gasteiger partial charge in [-0.1, -0.05) is 72.8 Å². The van der Waals surface area contributed by atoms with Gasteiger partial charge < -0.3 is 20.3 Å². The van der Waals surface area contributed by atoms with Gasteiger partial charge in [0, 0.05) is 12.7 Å². The average Bonchev–Trinajstić information content (AvgIpc) is 2.98. The molecule has 0 bridgehead atoms. The van der Waals surface area contributed by atoms with Crippen LogP contribution in [-0.4, -0.2) is 19.0 Å². The first-order chi connectivity index (χ1) is 16.6. The van der Waals surface area contributed by atoms with Crippen LogP contribution < -0.4 is 20.3 Å². The molecule has 4 aromatic rings. The molecule has 0 fully saturated rings. The first-order valence-corrected chi connectivity index (χ1v) is 11.0. The molecule has 1 aliphatic rings. The highest BCUT2D eigenvalue weighted by atomic mass is 16.5. The largest absolute Gasteiger partial charge is 0.454 e. The molecule has 0 saturated heterocycles. The van der Waals surface area contributed by atoms with E-state index in [2.05, 4.69) is 10.6 Å². The van der Waals surface area contributed by atoms with Crippen LogP contribution in [0.25, 0.3) is 0 Å². The van der Waals surface area contributed by atoms with Crippen molar-refractivity contribution in [3.8, 4) is 11.5 Å². The minimum absolute atomic E-state index is 0.213. The predicted molar refractivity (Wildman–Crippen MR) is 133 cm³/mol. The lowest BCUT2D eigenvalue weighted by Crippen LogP contribution is -2.33. The van der Waals surface area contributed by atoms with Gasteiger partial charge >= 0.3 is 6.03 Å². The number of ether oxygens (including phenoxy) is 1. The lowest BCUT2D eigenvalue weighted by molar-refractivity contribution is 0.0993. The zero-order valence-electron chi connectivity index (χ0n) is 18.6. The second kappa shape index (κ2) is 9.11. The van der Waals surface area contributed by atoms with Crippen LogP contribution in [0.15, 0.2) is 103 Å². The van der Waals surface area contributed by atoms with Gasteiger partial charge in [-0.2, -0.15) is 0 Å². The molecule has 3 amide bonds. The van der Waals surface area contributed by atoms with Crippen molar-refractivity contribution in [1.29, 1.82) is 0 Å². The zero-order chi connectivity index (χ0) is 23.5. The molecule has 0 radical (unpaired) electrons. The van der Waals surface area contributed by atoms with Gasteiger partial charge in [0.1, 0.15) is 5.75 Å². The second-order valence-corrected chi connectivity index (χ2v) is 8.00. The third kappa shape index (κ3) is 4.21. The molecule has 4 aromatic carbocycles. The molecule has 168 valence electrons. The lowest BCUT2D eigenvalue weighted by atomic mass is 9.99. The van der Waals surface area contributed by atoms with Gasteiger partial charge in [-0.05, 0) is 41.5 Å². The van der Waals surface area contributed by atoms with Crippen LogP contribution in [0, 0.1) is 0 Å². The first-order valence-electron chi connectivity index (χ1n) is 11.0. The summed E-state index contributed by atoms with van der Waals surface area (Å²) in [5, 5.41) is 5.91. The van der Waals surface area contributed by atoms with Crippen LogP contribution in [0.2, 0.25) is 0 Å². The molecule has 2 N–H and O–H groups in total. The number of hydrogen-bond acceptors (Lipinski definition) is 3. The van der Waals surface area contributed by atoms with E-state index < -0.39 is 0 Å². The highest BCUT2D eigenvalue weighted by Gasteiger charge is 2.26. The summed E-state index contributed by atoms with van der Waals surface area (Å²) in [6.07, 6.45) is 0. The molecule has 0 aliphatic carbocycles. The number of para-hydroxylation sites is 2. The highest BCUT2D eigenvalue weighted by Crippen LogP contribution is 2.38. The van der Waals surface area contributed by atoms with Crippen LogP contribution in [0.4, 0.5) is 16.2 Å². The Balaban J connectivity index is 1.39. The van der Waals surface area contributed by atoms with E-state index >= 15 is 0 Å². The molecule has 1 heterocycles. The zero-order valence-corrected chi connectivity index (χ0v) is 18.6. The van der Waals surface area contributed by atoms with E-state index in [0.717, 1.165) is 11.1 Å². The van der Waals surface area contributed by atoms with Crippen LogP contribution in [0.1, 0.15) is 27.5 Å². The Morgan fingerprint density at radius 1 is 0.794 bits per heavy atom. The topological polar surface area (TPSA) is 70.7 Å². The number of benzene rings is 4. The number of hydrogen-bond donors (Lipinski definition) is 2. The summed E-state index contributed by atoms with van der Waals surface area (Å²) >= 11 is 0. The monoisotopic (exact) mass is 449 g/mol. The molecule has 0 spiro atoms. The van der Waals surface area contributed by atoms with Gasteiger partial charge in [0.15, 0.2) is 5.75 Å². The Kier molecular flexibility index (Phi) is 5.70. The number of fused-ring (bicyclic) bond motifs is 2. The molecule has 0 unspecified atom stereocenters. The van der Waals surface area contributed by atoms with Crippen molar-refractivity contribution in [1.82, 2.24) is 5.32 Å². The summed E-state index contributed by atoms with van der Waals surface area (Å²) in [6.45, 7) is 0. The van der Waals surface area contributed by atoms with Crippen molar-refractivity contribution in [2.45, 2.75) is 6.04 Å². The number of rotatable bonds is 4. The van der Waals surface area contributed by atoms with Gasteiger partial charge in [-0.3, -0.25) is 4.79 Å². The number of nitrogens with zero attached hydrogens (tertiary/aromatic N) is 1. The van der Waals surface area contributed by atoms with E-state index in [1.165, 1.54) is 0 Å². The van der Waals surface area contributed by atoms with E-state index in [4.69, 9.17) is 4.74 Å². The Morgan fingerprint density at radius 2 is 1.41 bits per heavy atom. The smallest absolute Gasteiger partial charge is 0.319 e. The van der Waals surface area contributed by atoms with Gasteiger partial charge in [-0.15, -0.1) is 0 Å². The molecule has 5 rings (SSSR count). The quantitative estimate of drug-likeness (QED) is 0.403. The van der Waals surface area contributed by atoms with Crippen LogP contribution in [-0.2, 0) is 0 Å². The van der Waals surface area contributed by atoms with Crippen LogP contribution in [0.3, 0.4) is 0 Å². The van der Waals surface area contributed by atoms with Crippen molar-refractivity contribution in [3.63, 3.8) is 0 Å². The Morgan fingerprint density at radius 3 is 2.09 bits per heavy atom. The molecule has 0 saturated carbocycles. The van der Waals surface area contributed by atoms with E-state index in [-0.39, 0.29) is 18.0 Å². The van der Waals surface area contributed by atoms with Gasteiger partial charge in [0.2, 0.25) is 0 Å². The number of urea groups is 1. The van der Waals surface area contributed by atoms with Crippen LogP contribution in [0.5, 0.6) is 11.5 Å². The molecule has 0 atom stereocenters. The lowest BCUT2D eigenvalue weighted by Gasteiger charge is -2.20. The molecule has 34 heavy (non-hydrogen) atoms. The molecular weight excluding hydrogens is 426 g/mol. The summed E-state index contributed by atoms with van der Waals surface area (Å²) in [6, 6.07) is 31.3. The minimum atomic E-state index is -0.378. The van der Waals surface area contributed by atoms with Crippen molar-refractivity contribution < 1.29 is 14.3 Å². The summed E-state index contributed by atoms with van der Waals surface area (Å²) in [4.78, 5) is 27.6. The maximum absolute atomic E-state index is 13.1. The van der Waals surface area contributed by atoms with Crippen LogP contribution >= 0.6 is 0 Å². The van der Waals surface area contributed by atoms with Crippen molar-refractivity contribution >= 4 is 23.3 Å². The number of carbonyl (C=O) groups excluding carboxylic acids is 2. The third-order valence-electron chi connectivity index (χ3n) is 5.76. The van der Waals surface area contributed by atoms with E-state index in [0.29, 0.717) is 28.4 Å². The maximum atomic E-state index is 13.1. The molecule has 6 nitrogen and oxygen atoms in total. The number of nitrogens with one attached hydrogen (secondary N) is 2. The maximum Gasteiger partial charge on any atom is 0.319 e. The van der Waals surface area contributed by atoms with E-state index in [9.17, 15) is 9.59 Å². The van der Waals surface area contributed by atoms with Crippen molar-refractivity contribution in [2.75, 3.05) is 17.3 Å². The van der Waals surface area contributed by atoms with Crippen molar-refractivity contribution in [2.24, 2.45) is 0 Å². The summed E-state index contributed by atoms with van der Waals surface area (Å²) < 4.78 is 5.99.